The molecule has 0 aliphatic carbocycles. The van der Waals surface area contributed by atoms with Crippen molar-refractivity contribution in [3.63, 3.8) is 0 Å². The molecule has 9 heteroatoms. The minimum absolute atomic E-state index is 0.137. The van der Waals surface area contributed by atoms with Crippen molar-refractivity contribution < 1.29 is 28.7 Å². The number of carbonyl (C=O) groups is 4. The summed E-state index contributed by atoms with van der Waals surface area (Å²) < 4.78 is 10.2. The lowest BCUT2D eigenvalue weighted by atomic mass is 10.0. The number of allylic oxidation sites excluding steroid dienone is 1. The highest BCUT2D eigenvalue weighted by molar-refractivity contribution is 6.06. The third-order valence-electron chi connectivity index (χ3n) is 6.93. The van der Waals surface area contributed by atoms with Crippen molar-refractivity contribution in [3.8, 4) is 11.6 Å². The van der Waals surface area contributed by atoms with Crippen LogP contribution in [0, 0.1) is 0 Å². The molecule has 0 radical (unpaired) electrons. The number of ketones is 1. The minimum Gasteiger partial charge on any atom is -0.497 e. The Labute approximate surface area is 225 Å². The van der Waals surface area contributed by atoms with Gasteiger partial charge in [0.15, 0.2) is 0 Å². The number of hydrogen-bond donors (Lipinski definition) is 0. The number of benzene rings is 2. The molecular weight excluding hydrogens is 498 g/mol. The zero-order chi connectivity index (χ0) is 27.5. The van der Waals surface area contributed by atoms with Gasteiger partial charge in [0.05, 0.1) is 20.8 Å². The van der Waals surface area contributed by atoms with Crippen molar-refractivity contribution in [1.82, 2.24) is 14.8 Å². The second-order valence-electron chi connectivity index (χ2n) is 9.33. The number of fused-ring (bicyclic) bond motifs is 1. The van der Waals surface area contributed by atoms with Gasteiger partial charge >= 0.3 is 0 Å². The molecule has 198 valence electrons. The lowest BCUT2D eigenvalue weighted by Crippen LogP contribution is -2.54. The summed E-state index contributed by atoms with van der Waals surface area (Å²) in [6, 6.07) is 16.7. The van der Waals surface area contributed by atoms with E-state index in [0.717, 1.165) is 16.7 Å². The van der Waals surface area contributed by atoms with Gasteiger partial charge in [-0.1, -0.05) is 30.3 Å². The number of likely N-dealkylation sites (tertiary alicyclic amines) is 1. The number of piperidine rings is 1. The number of hydrogen-bond acceptors (Lipinski definition) is 7. The molecule has 39 heavy (non-hydrogen) atoms. The van der Waals surface area contributed by atoms with Crippen LogP contribution in [-0.4, -0.2) is 58.6 Å². The predicted molar refractivity (Wildman–Crippen MR) is 142 cm³/mol. The molecule has 9 nitrogen and oxygen atoms in total. The SMILES string of the molecule is COc1ccc(CN2C(=O)CCC(N3Cc4cc(/C=C/C(=O)c5cccc(OC)n5)ccc4C3=O)C2=O)cc1. The molecule has 3 aromatic rings. The molecule has 0 bridgehead atoms. The molecule has 3 amide bonds. The first-order valence-electron chi connectivity index (χ1n) is 12.5. The van der Waals surface area contributed by atoms with Crippen LogP contribution in [0.3, 0.4) is 0 Å². The normalized spacial score (nSPS) is 17.1. The van der Waals surface area contributed by atoms with E-state index in [1.165, 1.54) is 18.1 Å². The quantitative estimate of drug-likeness (QED) is 0.251. The summed E-state index contributed by atoms with van der Waals surface area (Å²) in [4.78, 5) is 58.7. The predicted octanol–water partition coefficient (Wildman–Crippen LogP) is 3.67. The molecule has 0 N–H and O–H groups in total. The van der Waals surface area contributed by atoms with Gasteiger partial charge in [-0.05, 0) is 59.5 Å². The summed E-state index contributed by atoms with van der Waals surface area (Å²) in [6.07, 6.45) is 3.55. The number of methoxy groups -OCH3 is 2. The lowest BCUT2D eigenvalue weighted by Gasteiger charge is -2.35. The van der Waals surface area contributed by atoms with Crippen LogP contribution < -0.4 is 9.47 Å². The van der Waals surface area contributed by atoms with Gasteiger partial charge in [-0.25, -0.2) is 4.98 Å². The molecule has 2 aliphatic heterocycles. The Morgan fingerprint density at radius 3 is 2.56 bits per heavy atom. The Hall–Kier alpha value is -4.79. The summed E-state index contributed by atoms with van der Waals surface area (Å²) in [5.74, 6) is -0.106. The third kappa shape index (κ3) is 5.29. The van der Waals surface area contributed by atoms with Crippen LogP contribution in [0.5, 0.6) is 11.6 Å². The third-order valence-corrected chi connectivity index (χ3v) is 6.93. The Morgan fingerprint density at radius 2 is 1.82 bits per heavy atom. The number of amides is 3. The average molecular weight is 526 g/mol. The van der Waals surface area contributed by atoms with Crippen molar-refractivity contribution in [3.05, 3.63) is 94.7 Å². The topological polar surface area (TPSA) is 106 Å². The monoisotopic (exact) mass is 525 g/mol. The van der Waals surface area contributed by atoms with E-state index >= 15 is 0 Å². The summed E-state index contributed by atoms with van der Waals surface area (Å²) in [5.41, 5.74) is 3.08. The Morgan fingerprint density at radius 1 is 1.03 bits per heavy atom. The zero-order valence-electron chi connectivity index (χ0n) is 21.6. The largest absolute Gasteiger partial charge is 0.497 e. The molecular formula is C30H27N3O6. The van der Waals surface area contributed by atoms with Crippen molar-refractivity contribution in [2.75, 3.05) is 14.2 Å². The van der Waals surface area contributed by atoms with Crippen LogP contribution in [0.2, 0.25) is 0 Å². The number of nitrogens with zero attached hydrogens (tertiary/aromatic N) is 3. The number of imide groups is 1. The van der Waals surface area contributed by atoms with Crippen molar-refractivity contribution in [2.45, 2.75) is 32.0 Å². The number of aromatic nitrogens is 1. The number of carbonyl (C=O) groups excluding carboxylic acids is 4. The van der Waals surface area contributed by atoms with Crippen LogP contribution in [-0.2, 0) is 22.7 Å². The van der Waals surface area contributed by atoms with Gasteiger partial charge in [-0.2, -0.15) is 0 Å². The van der Waals surface area contributed by atoms with E-state index in [-0.39, 0.29) is 55.1 Å². The zero-order valence-corrected chi connectivity index (χ0v) is 21.6. The summed E-state index contributed by atoms with van der Waals surface area (Å²) in [6.45, 7) is 0.389. The highest BCUT2D eigenvalue weighted by Gasteiger charge is 2.42. The molecule has 1 saturated heterocycles. The van der Waals surface area contributed by atoms with Gasteiger partial charge in [0.1, 0.15) is 17.5 Å². The van der Waals surface area contributed by atoms with Crippen LogP contribution >= 0.6 is 0 Å². The maximum absolute atomic E-state index is 13.4. The Bertz CT molecular complexity index is 1480. The molecule has 1 atom stereocenters. The number of pyridine rings is 1. The maximum atomic E-state index is 13.4. The molecule has 5 rings (SSSR count). The Kier molecular flexibility index (Phi) is 7.23. The molecule has 2 aromatic carbocycles. The van der Waals surface area contributed by atoms with Crippen LogP contribution in [0.4, 0.5) is 0 Å². The van der Waals surface area contributed by atoms with Crippen LogP contribution in [0.1, 0.15) is 50.4 Å². The van der Waals surface area contributed by atoms with Crippen LogP contribution in [0.25, 0.3) is 6.08 Å². The van der Waals surface area contributed by atoms with Crippen molar-refractivity contribution >= 4 is 29.6 Å². The first-order chi connectivity index (χ1) is 18.9. The highest BCUT2D eigenvalue weighted by Crippen LogP contribution is 2.30. The fourth-order valence-electron chi connectivity index (χ4n) is 4.83. The van der Waals surface area contributed by atoms with E-state index in [9.17, 15) is 19.2 Å². The first kappa shape index (κ1) is 25.8. The molecule has 2 aliphatic rings. The molecule has 1 fully saturated rings. The lowest BCUT2D eigenvalue weighted by molar-refractivity contribution is -0.153. The minimum atomic E-state index is -0.722. The molecule has 1 aromatic heterocycles. The summed E-state index contributed by atoms with van der Waals surface area (Å²) >= 11 is 0. The first-order valence-corrected chi connectivity index (χ1v) is 12.5. The van der Waals surface area contributed by atoms with Crippen molar-refractivity contribution in [2.24, 2.45) is 0 Å². The fraction of sp³-hybridized carbons (Fsp3) is 0.233. The number of ether oxygens (including phenoxy) is 2. The van der Waals surface area contributed by atoms with E-state index in [2.05, 4.69) is 4.98 Å². The van der Waals surface area contributed by atoms with E-state index in [4.69, 9.17) is 9.47 Å². The van der Waals surface area contributed by atoms with E-state index in [1.54, 1.807) is 60.6 Å². The second kappa shape index (κ2) is 10.9. The molecule has 0 spiro atoms. The van der Waals surface area contributed by atoms with Gasteiger partial charge in [0.25, 0.3) is 11.8 Å². The van der Waals surface area contributed by atoms with E-state index in [1.807, 2.05) is 18.2 Å². The van der Waals surface area contributed by atoms with Crippen molar-refractivity contribution in [1.29, 1.82) is 0 Å². The van der Waals surface area contributed by atoms with Gasteiger partial charge in [-0.3, -0.25) is 24.1 Å². The van der Waals surface area contributed by atoms with Gasteiger partial charge in [0, 0.05) is 24.6 Å². The molecule has 1 unspecified atom stereocenters. The van der Waals surface area contributed by atoms with Gasteiger partial charge in [0.2, 0.25) is 17.6 Å². The Balaban J connectivity index is 1.29. The number of rotatable bonds is 8. The highest BCUT2D eigenvalue weighted by atomic mass is 16.5. The van der Waals surface area contributed by atoms with E-state index < -0.39 is 6.04 Å². The van der Waals surface area contributed by atoms with E-state index in [0.29, 0.717) is 17.2 Å². The maximum Gasteiger partial charge on any atom is 0.255 e. The summed E-state index contributed by atoms with van der Waals surface area (Å²) in [7, 11) is 3.06. The smallest absolute Gasteiger partial charge is 0.255 e. The average Bonchev–Trinajstić information content (AvgIpc) is 3.29. The summed E-state index contributed by atoms with van der Waals surface area (Å²) in [5, 5.41) is 0. The second-order valence-corrected chi connectivity index (χ2v) is 9.33. The fourth-order valence-corrected chi connectivity index (χ4v) is 4.83. The molecule has 0 saturated carbocycles. The molecule has 3 heterocycles. The van der Waals surface area contributed by atoms with Crippen LogP contribution in [0.15, 0.2) is 66.7 Å². The van der Waals surface area contributed by atoms with Gasteiger partial charge < -0.3 is 14.4 Å². The van der Waals surface area contributed by atoms with Gasteiger partial charge in [-0.15, -0.1) is 0 Å². The standard InChI is InChI=1S/C30H27N3O6/c1-38-22-10-6-20(7-11-22)17-33-28(35)15-13-25(30(33)37)32-18-21-16-19(8-12-23(21)29(32)36)9-14-26(34)24-4-3-5-27(31-24)39-2/h3-12,14,16,25H,13,15,17-18H2,1-2H3/b14-9+.